The van der Waals surface area contributed by atoms with Crippen LogP contribution in [0.5, 0.6) is 0 Å². The van der Waals surface area contributed by atoms with E-state index < -0.39 is 0 Å². The van der Waals surface area contributed by atoms with Crippen LogP contribution in [-0.2, 0) is 0 Å². The van der Waals surface area contributed by atoms with E-state index in [0.29, 0.717) is 6.04 Å². The fraction of sp³-hybridized carbons (Fsp3) is 0.462. The van der Waals surface area contributed by atoms with Gasteiger partial charge in [-0.1, -0.05) is 12.1 Å². The highest BCUT2D eigenvalue weighted by Gasteiger charge is 2.11. The number of aryl methyl sites for hydroxylation is 1. The lowest BCUT2D eigenvalue weighted by Gasteiger charge is -2.27. The molecule has 1 heterocycles. The lowest BCUT2D eigenvalue weighted by atomic mass is 10.1. The fourth-order valence-corrected chi connectivity index (χ4v) is 1.54. The van der Waals surface area contributed by atoms with Gasteiger partial charge in [-0.05, 0) is 38.8 Å². The van der Waals surface area contributed by atoms with Gasteiger partial charge < -0.3 is 4.90 Å². The maximum Gasteiger partial charge on any atom is 0.0523 e. The van der Waals surface area contributed by atoms with E-state index in [1.165, 1.54) is 16.8 Å². The summed E-state index contributed by atoms with van der Waals surface area (Å²) in [5.74, 6) is 0. The number of hydrogen-bond donors (Lipinski definition) is 0. The normalized spacial score (nSPS) is 13.8. The summed E-state index contributed by atoms with van der Waals surface area (Å²) >= 11 is 0. The minimum Gasteiger partial charge on any atom is -0.372 e. The zero-order chi connectivity index (χ0) is 11.4. The summed E-state index contributed by atoms with van der Waals surface area (Å²) in [4.78, 5) is 6.49. The summed E-state index contributed by atoms with van der Waals surface area (Å²) in [5, 5.41) is 0. The van der Waals surface area contributed by atoms with Crippen molar-refractivity contribution in [3.8, 4) is 0 Å². The zero-order valence-corrected chi connectivity index (χ0v) is 10.3. The van der Waals surface area contributed by atoms with Gasteiger partial charge in [-0.25, -0.2) is 0 Å². The second-order valence-corrected chi connectivity index (χ2v) is 4.01. The van der Waals surface area contributed by atoms with Crippen molar-refractivity contribution in [2.24, 2.45) is 0 Å². The van der Waals surface area contributed by atoms with Gasteiger partial charge in [-0.2, -0.15) is 0 Å². The van der Waals surface area contributed by atoms with Crippen molar-refractivity contribution >= 4 is 0 Å². The van der Waals surface area contributed by atoms with Crippen LogP contribution in [0.3, 0.4) is 0 Å². The number of aromatic nitrogens is 1. The molecule has 2 heteroatoms. The standard InChI is InChI=1S/C13H20N2/c1-6-11(3)15(5)12(4)13-7-10(2)8-14-9-13/h6-9,12H,1-5H3/b11-6+. The Morgan fingerprint density at radius 3 is 2.67 bits per heavy atom. The topological polar surface area (TPSA) is 16.1 Å². The molecule has 15 heavy (non-hydrogen) atoms. The van der Waals surface area contributed by atoms with Crippen LogP contribution in [0, 0.1) is 6.92 Å². The van der Waals surface area contributed by atoms with Gasteiger partial charge in [0, 0.05) is 25.1 Å². The highest BCUT2D eigenvalue weighted by molar-refractivity contribution is 5.20. The van der Waals surface area contributed by atoms with E-state index in [-0.39, 0.29) is 0 Å². The molecule has 0 spiro atoms. The number of allylic oxidation sites excluding steroid dienone is 2. The molecule has 0 fully saturated rings. The molecule has 0 aliphatic carbocycles. The fourth-order valence-electron chi connectivity index (χ4n) is 1.54. The Labute approximate surface area is 92.6 Å². The summed E-state index contributed by atoms with van der Waals surface area (Å²) in [5.41, 5.74) is 3.76. The molecule has 2 nitrogen and oxygen atoms in total. The molecule has 0 aromatic carbocycles. The minimum absolute atomic E-state index is 0.369. The van der Waals surface area contributed by atoms with Crippen LogP contribution < -0.4 is 0 Å². The molecule has 1 aromatic heterocycles. The van der Waals surface area contributed by atoms with Crippen LogP contribution in [0.4, 0.5) is 0 Å². The van der Waals surface area contributed by atoms with Crippen molar-refractivity contribution in [3.63, 3.8) is 0 Å². The van der Waals surface area contributed by atoms with Gasteiger partial charge in [0.05, 0.1) is 6.04 Å². The second kappa shape index (κ2) is 4.96. The Hall–Kier alpha value is -1.31. The molecule has 0 aliphatic heterocycles. The van der Waals surface area contributed by atoms with Crippen molar-refractivity contribution < 1.29 is 0 Å². The highest BCUT2D eigenvalue weighted by Crippen LogP contribution is 2.21. The van der Waals surface area contributed by atoms with Gasteiger partial charge in [0.1, 0.15) is 0 Å². The van der Waals surface area contributed by atoms with Crippen molar-refractivity contribution in [3.05, 3.63) is 41.4 Å². The first-order chi connectivity index (χ1) is 7.06. The molecule has 0 aliphatic rings. The quantitative estimate of drug-likeness (QED) is 0.751. The third kappa shape index (κ3) is 2.82. The van der Waals surface area contributed by atoms with E-state index >= 15 is 0 Å². The number of hydrogen-bond acceptors (Lipinski definition) is 2. The van der Waals surface area contributed by atoms with Crippen LogP contribution in [-0.4, -0.2) is 16.9 Å². The number of nitrogens with zero attached hydrogens (tertiary/aromatic N) is 2. The number of rotatable bonds is 3. The van der Waals surface area contributed by atoms with Crippen LogP contribution in [0.15, 0.2) is 30.2 Å². The van der Waals surface area contributed by atoms with E-state index in [1.54, 1.807) is 0 Å². The average Bonchev–Trinajstić information content (AvgIpc) is 2.26. The second-order valence-electron chi connectivity index (χ2n) is 4.01. The molecular formula is C13H20N2. The third-order valence-corrected chi connectivity index (χ3v) is 2.93. The molecule has 1 unspecified atom stereocenters. The maximum atomic E-state index is 4.23. The molecule has 0 radical (unpaired) electrons. The summed E-state index contributed by atoms with van der Waals surface area (Å²) < 4.78 is 0. The summed E-state index contributed by atoms with van der Waals surface area (Å²) in [7, 11) is 2.11. The SMILES string of the molecule is C/C=C(\C)N(C)C(C)c1cncc(C)c1. The molecule has 0 N–H and O–H groups in total. The van der Waals surface area contributed by atoms with Gasteiger partial charge in [0.25, 0.3) is 0 Å². The summed E-state index contributed by atoms with van der Waals surface area (Å²) in [6.07, 6.45) is 5.95. The Morgan fingerprint density at radius 1 is 1.47 bits per heavy atom. The van der Waals surface area contributed by atoms with Crippen molar-refractivity contribution in [1.82, 2.24) is 9.88 Å². The van der Waals surface area contributed by atoms with E-state index in [2.05, 4.69) is 56.8 Å². The molecule has 1 atom stereocenters. The largest absolute Gasteiger partial charge is 0.372 e. The molecule has 0 amide bonds. The van der Waals surface area contributed by atoms with Gasteiger partial charge >= 0.3 is 0 Å². The Kier molecular flexibility index (Phi) is 3.89. The maximum absolute atomic E-state index is 4.23. The molecular weight excluding hydrogens is 184 g/mol. The van der Waals surface area contributed by atoms with E-state index in [1.807, 2.05) is 12.4 Å². The van der Waals surface area contributed by atoms with E-state index in [4.69, 9.17) is 0 Å². The minimum atomic E-state index is 0.369. The smallest absolute Gasteiger partial charge is 0.0523 e. The Balaban J connectivity index is 2.89. The van der Waals surface area contributed by atoms with Crippen molar-refractivity contribution in [1.29, 1.82) is 0 Å². The third-order valence-electron chi connectivity index (χ3n) is 2.93. The van der Waals surface area contributed by atoms with Crippen molar-refractivity contribution in [2.75, 3.05) is 7.05 Å². The van der Waals surface area contributed by atoms with Crippen LogP contribution >= 0.6 is 0 Å². The summed E-state index contributed by atoms with van der Waals surface area (Å²) in [6, 6.07) is 2.56. The highest BCUT2D eigenvalue weighted by atomic mass is 15.1. The van der Waals surface area contributed by atoms with Gasteiger partial charge in [-0.3, -0.25) is 4.98 Å². The molecule has 1 rings (SSSR count). The predicted octanol–water partition coefficient (Wildman–Crippen LogP) is 3.31. The molecule has 0 bridgehead atoms. The first-order valence-electron chi connectivity index (χ1n) is 5.33. The van der Waals surface area contributed by atoms with Crippen LogP contribution in [0.2, 0.25) is 0 Å². The van der Waals surface area contributed by atoms with Crippen LogP contribution in [0.25, 0.3) is 0 Å². The van der Waals surface area contributed by atoms with Gasteiger partial charge in [0.2, 0.25) is 0 Å². The first kappa shape index (κ1) is 11.8. The predicted molar refractivity (Wildman–Crippen MR) is 64.6 cm³/mol. The molecule has 1 aromatic rings. The number of pyridine rings is 1. The zero-order valence-electron chi connectivity index (χ0n) is 10.3. The van der Waals surface area contributed by atoms with E-state index in [0.717, 1.165) is 0 Å². The van der Waals surface area contributed by atoms with Crippen LogP contribution in [0.1, 0.15) is 37.9 Å². The van der Waals surface area contributed by atoms with E-state index in [9.17, 15) is 0 Å². The lowest BCUT2D eigenvalue weighted by molar-refractivity contribution is 0.330. The molecule has 0 saturated carbocycles. The average molecular weight is 204 g/mol. The van der Waals surface area contributed by atoms with Gasteiger partial charge in [0.15, 0.2) is 0 Å². The monoisotopic (exact) mass is 204 g/mol. The van der Waals surface area contributed by atoms with Gasteiger partial charge in [-0.15, -0.1) is 0 Å². The summed E-state index contributed by atoms with van der Waals surface area (Å²) in [6.45, 7) is 8.46. The molecule has 82 valence electrons. The van der Waals surface area contributed by atoms with Crippen molar-refractivity contribution in [2.45, 2.75) is 33.7 Å². The Morgan fingerprint density at radius 2 is 2.13 bits per heavy atom. The Bertz CT molecular complexity index is 355. The lowest BCUT2D eigenvalue weighted by Crippen LogP contribution is -2.20. The molecule has 0 saturated heterocycles. The first-order valence-corrected chi connectivity index (χ1v) is 5.33.